The fourth-order valence-corrected chi connectivity index (χ4v) is 5.24. The molecule has 0 N–H and O–H groups in total. The fourth-order valence-electron chi connectivity index (χ4n) is 4.84. The number of hydrogen-bond acceptors (Lipinski definition) is 9. The second kappa shape index (κ2) is 15.5. The number of aromatic nitrogens is 1. The zero-order chi connectivity index (χ0) is 30.6. The fraction of sp³-hybridized carbons (Fsp3) is 0.303. The van der Waals surface area contributed by atoms with Crippen LogP contribution in [0.25, 0.3) is 0 Å². The first-order valence-corrected chi connectivity index (χ1v) is 14.8. The molecule has 10 nitrogen and oxygen atoms in total. The van der Waals surface area contributed by atoms with E-state index in [0.717, 1.165) is 16.8 Å². The van der Waals surface area contributed by atoms with Crippen LogP contribution in [0.3, 0.4) is 0 Å². The molecule has 4 aromatic rings. The van der Waals surface area contributed by atoms with Crippen molar-refractivity contribution >= 4 is 28.8 Å². The van der Waals surface area contributed by atoms with E-state index in [1.54, 1.807) is 24.4 Å². The summed E-state index contributed by atoms with van der Waals surface area (Å²) in [4.78, 5) is 19.3. The van der Waals surface area contributed by atoms with Gasteiger partial charge in [0.1, 0.15) is 18.2 Å². The number of pyridine rings is 1. The van der Waals surface area contributed by atoms with Crippen molar-refractivity contribution < 1.29 is 23.9 Å². The highest BCUT2D eigenvalue weighted by molar-refractivity contribution is 6.24. The summed E-state index contributed by atoms with van der Waals surface area (Å²) in [5.41, 5.74) is 3.02. The number of nitro groups is 1. The van der Waals surface area contributed by atoms with E-state index in [0.29, 0.717) is 57.7 Å². The molecular formula is C33H35ClN4O6. The average Bonchev–Trinajstić information content (AvgIpc) is 3.05. The number of piperazine rings is 1. The molecule has 0 amide bonds. The van der Waals surface area contributed by atoms with Gasteiger partial charge in [-0.2, -0.15) is 0 Å². The van der Waals surface area contributed by atoms with Crippen molar-refractivity contribution in [2.24, 2.45) is 0 Å². The third-order valence-corrected chi connectivity index (χ3v) is 7.50. The molecule has 1 unspecified atom stereocenters. The highest BCUT2D eigenvalue weighted by Crippen LogP contribution is 2.35. The van der Waals surface area contributed by atoms with Gasteiger partial charge in [0.2, 0.25) is 5.18 Å². The highest BCUT2D eigenvalue weighted by atomic mass is 35.5. The number of benzene rings is 3. The van der Waals surface area contributed by atoms with Crippen LogP contribution >= 0.6 is 11.6 Å². The monoisotopic (exact) mass is 618 g/mol. The van der Waals surface area contributed by atoms with Gasteiger partial charge < -0.3 is 28.7 Å². The van der Waals surface area contributed by atoms with Gasteiger partial charge in [-0.15, -0.1) is 0 Å². The van der Waals surface area contributed by atoms with E-state index in [2.05, 4.69) is 4.98 Å². The van der Waals surface area contributed by atoms with Crippen LogP contribution in [0.2, 0.25) is 0 Å². The Morgan fingerprint density at radius 1 is 0.818 bits per heavy atom. The van der Waals surface area contributed by atoms with Crippen molar-refractivity contribution in [1.82, 2.24) is 4.98 Å². The lowest BCUT2D eigenvalue weighted by Crippen LogP contribution is -2.61. The molecule has 3 aromatic carbocycles. The summed E-state index contributed by atoms with van der Waals surface area (Å²) < 4.78 is 23.8. The molecule has 230 valence electrons. The van der Waals surface area contributed by atoms with Crippen molar-refractivity contribution in [1.29, 1.82) is 0 Å². The number of rotatable bonds is 15. The number of non-ortho nitro benzene ring substituents is 1. The normalized spacial score (nSPS) is 16.6. The van der Waals surface area contributed by atoms with Crippen LogP contribution in [0.1, 0.15) is 11.1 Å². The number of ether oxygens (including phenoxy) is 4. The molecule has 0 radical (unpaired) electrons. The van der Waals surface area contributed by atoms with Crippen LogP contribution in [0.5, 0.6) is 5.75 Å². The molecular weight excluding hydrogens is 584 g/mol. The predicted octanol–water partition coefficient (Wildman–Crippen LogP) is 6.04. The van der Waals surface area contributed by atoms with Crippen molar-refractivity contribution in [3.63, 3.8) is 0 Å². The van der Waals surface area contributed by atoms with Crippen LogP contribution in [0, 0.1) is 10.1 Å². The van der Waals surface area contributed by atoms with Gasteiger partial charge in [0.05, 0.1) is 44.5 Å². The van der Waals surface area contributed by atoms with E-state index >= 15 is 0 Å². The van der Waals surface area contributed by atoms with Crippen LogP contribution in [0.15, 0.2) is 103 Å². The zero-order valence-electron chi connectivity index (χ0n) is 24.3. The van der Waals surface area contributed by atoms with Gasteiger partial charge in [-0.1, -0.05) is 72.3 Å². The molecule has 0 spiro atoms. The number of halogens is 1. The largest absolute Gasteiger partial charge is 0.491 e. The van der Waals surface area contributed by atoms with E-state index in [1.165, 1.54) is 12.1 Å². The molecule has 1 atom stereocenters. The topological polar surface area (TPSA) is 99.4 Å². The van der Waals surface area contributed by atoms with E-state index in [9.17, 15) is 10.1 Å². The van der Waals surface area contributed by atoms with Crippen molar-refractivity contribution in [2.45, 2.75) is 18.4 Å². The SMILES string of the molecule is O=[N+]([O-])c1ccc(N2CCN(c3cc(OCCOCc4ccccc4)ccn3)C(Cl)(OCCOCc3ccccc3)C2)cc1. The molecule has 1 aliphatic heterocycles. The summed E-state index contributed by atoms with van der Waals surface area (Å²) >= 11 is 7.25. The van der Waals surface area contributed by atoms with Crippen LogP contribution < -0.4 is 14.5 Å². The smallest absolute Gasteiger partial charge is 0.269 e. The maximum absolute atomic E-state index is 11.1. The molecule has 1 fully saturated rings. The van der Waals surface area contributed by atoms with Crippen LogP contribution in [-0.4, -0.2) is 61.2 Å². The second-order valence-electron chi connectivity index (χ2n) is 10.2. The molecule has 0 saturated carbocycles. The van der Waals surface area contributed by atoms with Crippen molar-refractivity contribution in [3.8, 4) is 5.75 Å². The molecule has 0 aliphatic carbocycles. The minimum Gasteiger partial charge on any atom is -0.491 e. The van der Waals surface area contributed by atoms with Crippen LogP contribution in [-0.2, 0) is 27.4 Å². The third kappa shape index (κ3) is 8.67. The van der Waals surface area contributed by atoms with Gasteiger partial charge in [-0.25, -0.2) is 4.98 Å². The number of alkyl halides is 1. The molecule has 1 aliphatic rings. The summed E-state index contributed by atoms with van der Waals surface area (Å²) in [5, 5.41) is 9.86. The number of nitro benzene ring substituents is 1. The molecule has 0 bridgehead atoms. The van der Waals surface area contributed by atoms with Crippen LogP contribution in [0.4, 0.5) is 17.2 Å². The number of nitrogens with zero attached hydrogens (tertiary/aromatic N) is 4. The number of anilines is 2. The van der Waals surface area contributed by atoms with Gasteiger partial charge in [0, 0.05) is 43.2 Å². The first-order valence-electron chi connectivity index (χ1n) is 14.4. The lowest BCUT2D eigenvalue weighted by molar-refractivity contribution is -0.384. The Kier molecular flexibility index (Phi) is 11.0. The Bertz CT molecular complexity index is 1460. The molecule has 5 rings (SSSR count). The third-order valence-electron chi connectivity index (χ3n) is 7.07. The van der Waals surface area contributed by atoms with Gasteiger partial charge >= 0.3 is 0 Å². The maximum Gasteiger partial charge on any atom is 0.269 e. The van der Waals surface area contributed by atoms with Gasteiger partial charge in [0.25, 0.3) is 5.69 Å². The Balaban J connectivity index is 1.22. The van der Waals surface area contributed by atoms with Gasteiger partial charge in [-0.05, 0) is 29.3 Å². The minimum atomic E-state index is -1.29. The first-order chi connectivity index (χ1) is 21.5. The zero-order valence-corrected chi connectivity index (χ0v) is 25.1. The Hall–Kier alpha value is -4.22. The summed E-state index contributed by atoms with van der Waals surface area (Å²) in [7, 11) is 0. The summed E-state index contributed by atoms with van der Waals surface area (Å²) in [6, 6.07) is 30.0. The van der Waals surface area contributed by atoms with E-state index in [-0.39, 0.29) is 18.8 Å². The van der Waals surface area contributed by atoms with E-state index in [4.69, 9.17) is 30.5 Å². The second-order valence-corrected chi connectivity index (χ2v) is 10.7. The molecule has 2 heterocycles. The number of hydrogen-bond donors (Lipinski definition) is 0. The lowest BCUT2D eigenvalue weighted by Gasteiger charge is -2.47. The summed E-state index contributed by atoms with van der Waals surface area (Å²) in [6.07, 6.45) is 1.68. The predicted molar refractivity (Wildman–Crippen MR) is 169 cm³/mol. The van der Waals surface area contributed by atoms with Crippen molar-refractivity contribution in [2.75, 3.05) is 55.9 Å². The quantitative estimate of drug-likeness (QED) is 0.0519. The lowest BCUT2D eigenvalue weighted by atomic mass is 10.2. The summed E-state index contributed by atoms with van der Waals surface area (Å²) in [6.45, 7) is 3.76. The molecule has 1 saturated heterocycles. The first kappa shape index (κ1) is 31.2. The molecule has 11 heteroatoms. The molecule has 1 aromatic heterocycles. The van der Waals surface area contributed by atoms with Gasteiger partial charge in [-0.3, -0.25) is 10.1 Å². The summed E-state index contributed by atoms with van der Waals surface area (Å²) in [5.74, 6) is 1.25. The molecule has 44 heavy (non-hydrogen) atoms. The van der Waals surface area contributed by atoms with E-state index < -0.39 is 10.1 Å². The Morgan fingerprint density at radius 3 is 2.09 bits per heavy atom. The average molecular weight is 619 g/mol. The Morgan fingerprint density at radius 2 is 1.45 bits per heavy atom. The van der Waals surface area contributed by atoms with E-state index in [1.807, 2.05) is 76.5 Å². The Labute approximate surface area is 261 Å². The highest BCUT2D eigenvalue weighted by Gasteiger charge is 2.42. The minimum absolute atomic E-state index is 0.0304. The maximum atomic E-state index is 11.1. The van der Waals surface area contributed by atoms with Gasteiger partial charge in [0.15, 0.2) is 0 Å². The standard InChI is InChI=1S/C33H35ClN4O6/c34-33(44-22-20-42-25-28-9-5-2-6-10-28)26-36(29-11-13-30(14-12-29)38(39)40)17-18-37(33)32-23-31(15-16-35-32)43-21-19-41-24-27-7-3-1-4-8-27/h1-16,23H,17-22,24-26H2. The van der Waals surface area contributed by atoms with Crippen molar-refractivity contribution in [3.05, 3.63) is 124 Å².